The second-order valence-electron chi connectivity index (χ2n) is 4.51. The predicted octanol–water partition coefficient (Wildman–Crippen LogP) is 1.34. The highest BCUT2D eigenvalue weighted by Crippen LogP contribution is 2.37. The molecule has 1 aliphatic rings. The molecule has 3 heterocycles. The van der Waals surface area contributed by atoms with E-state index in [4.69, 9.17) is 15.2 Å². The second-order valence-corrected chi connectivity index (χ2v) is 4.51. The Morgan fingerprint density at radius 2 is 2.10 bits per heavy atom. The summed E-state index contributed by atoms with van der Waals surface area (Å²) in [6.45, 7) is 0.251. The molecule has 7 nitrogen and oxygen atoms in total. The summed E-state index contributed by atoms with van der Waals surface area (Å²) < 4.78 is 12.4. The molecule has 1 aromatic carbocycles. The van der Waals surface area contributed by atoms with Crippen molar-refractivity contribution in [2.75, 3.05) is 12.5 Å². The van der Waals surface area contributed by atoms with E-state index < -0.39 is 0 Å². The van der Waals surface area contributed by atoms with Gasteiger partial charge in [-0.3, -0.25) is 0 Å². The number of benzene rings is 1. The van der Waals surface area contributed by atoms with Crippen LogP contribution < -0.4 is 15.2 Å². The Morgan fingerprint density at radius 3 is 3.00 bits per heavy atom. The van der Waals surface area contributed by atoms with E-state index in [2.05, 4.69) is 15.1 Å². The molecule has 0 radical (unpaired) electrons. The zero-order valence-electron chi connectivity index (χ0n) is 10.7. The highest BCUT2D eigenvalue weighted by Gasteiger charge is 2.17. The fraction of sp³-hybridized carbons (Fsp3) is 0.154. The summed E-state index contributed by atoms with van der Waals surface area (Å²) in [6, 6.07) is 5.71. The van der Waals surface area contributed by atoms with Gasteiger partial charge < -0.3 is 15.2 Å². The summed E-state index contributed by atoms with van der Waals surface area (Å²) in [4.78, 5) is 8.24. The van der Waals surface area contributed by atoms with Crippen LogP contribution in [0.1, 0.15) is 0 Å². The van der Waals surface area contributed by atoms with Gasteiger partial charge in [0.2, 0.25) is 12.7 Å². The van der Waals surface area contributed by atoms with E-state index in [1.165, 1.54) is 0 Å². The van der Waals surface area contributed by atoms with Crippen LogP contribution in [-0.4, -0.2) is 26.5 Å². The maximum atomic E-state index is 5.61. The lowest BCUT2D eigenvalue weighted by Crippen LogP contribution is -1.97. The molecule has 7 heteroatoms. The lowest BCUT2D eigenvalue weighted by atomic mass is 10.1. The number of fused-ring (bicyclic) bond motifs is 2. The second kappa shape index (κ2) is 3.83. The first-order valence-corrected chi connectivity index (χ1v) is 6.07. The van der Waals surface area contributed by atoms with Crippen LogP contribution in [0.3, 0.4) is 0 Å². The maximum absolute atomic E-state index is 5.61. The monoisotopic (exact) mass is 269 g/mol. The fourth-order valence-corrected chi connectivity index (χ4v) is 2.31. The van der Waals surface area contributed by atoms with Gasteiger partial charge in [0.05, 0.1) is 5.39 Å². The standard InChI is InChI=1S/C13H11N5O2/c1-18-12-8(5-15-13(14)16-12)11(17-18)7-2-3-9-10(4-7)20-6-19-9/h2-5H,6H2,1H3,(H2,14,15,16). The minimum Gasteiger partial charge on any atom is -0.454 e. The largest absolute Gasteiger partial charge is 0.454 e. The number of aromatic nitrogens is 4. The first-order chi connectivity index (χ1) is 9.72. The number of nitrogen functional groups attached to an aromatic ring is 1. The lowest BCUT2D eigenvalue weighted by molar-refractivity contribution is 0.174. The van der Waals surface area contributed by atoms with Crippen LogP contribution in [0.2, 0.25) is 0 Å². The van der Waals surface area contributed by atoms with E-state index in [0.717, 1.165) is 28.1 Å². The summed E-state index contributed by atoms with van der Waals surface area (Å²) in [7, 11) is 1.82. The van der Waals surface area contributed by atoms with Crippen molar-refractivity contribution < 1.29 is 9.47 Å². The zero-order chi connectivity index (χ0) is 13.7. The van der Waals surface area contributed by atoms with Gasteiger partial charge in [0.1, 0.15) is 5.69 Å². The summed E-state index contributed by atoms with van der Waals surface area (Å²) in [6.07, 6.45) is 1.69. The van der Waals surface area contributed by atoms with Crippen LogP contribution in [0, 0.1) is 0 Å². The predicted molar refractivity (Wildman–Crippen MR) is 72.3 cm³/mol. The van der Waals surface area contributed by atoms with E-state index in [0.29, 0.717) is 5.65 Å². The van der Waals surface area contributed by atoms with Crippen molar-refractivity contribution in [3.05, 3.63) is 24.4 Å². The highest BCUT2D eigenvalue weighted by molar-refractivity contribution is 5.91. The third kappa shape index (κ3) is 1.49. The molecule has 0 fully saturated rings. The Bertz CT molecular complexity index is 827. The number of ether oxygens (including phenoxy) is 2. The van der Waals surface area contributed by atoms with Crippen molar-refractivity contribution in [2.45, 2.75) is 0 Å². The van der Waals surface area contributed by atoms with Crippen molar-refractivity contribution in [3.8, 4) is 22.8 Å². The molecule has 2 N–H and O–H groups in total. The molecular weight excluding hydrogens is 258 g/mol. The van der Waals surface area contributed by atoms with Crippen LogP contribution in [-0.2, 0) is 7.05 Å². The van der Waals surface area contributed by atoms with Crippen LogP contribution in [0.15, 0.2) is 24.4 Å². The average molecular weight is 269 g/mol. The van der Waals surface area contributed by atoms with E-state index >= 15 is 0 Å². The minimum absolute atomic E-state index is 0.234. The number of hydrogen-bond acceptors (Lipinski definition) is 6. The van der Waals surface area contributed by atoms with Gasteiger partial charge in [-0.1, -0.05) is 0 Å². The Hall–Kier alpha value is -2.83. The van der Waals surface area contributed by atoms with Gasteiger partial charge in [-0.15, -0.1) is 0 Å². The molecule has 0 unspecified atom stereocenters. The summed E-state index contributed by atoms with van der Waals surface area (Å²) in [5, 5.41) is 5.34. The molecule has 0 saturated heterocycles. The molecule has 1 aliphatic heterocycles. The van der Waals surface area contributed by atoms with Gasteiger partial charge in [-0.2, -0.15) is 10.1 Å². The molecule has 0 spiro atoms. The van der Waals surface area contributed by atoms with E-state index in [1.54, 1.807) is 10.9 Å². The quantitative estimate of drug-likeness (QED) is 0.717. The third-order valence-electron chi connectivity index (χ3n) is 3.24. The number of nitrogens with two attached hydrogens (primary N) is 1. The number of aryl methyl sites for hydroxylation is 1. The molecule has 0 aliphatic carbocycles. The first kappa shape index (κ1) is 11.0. The van der Waals surface area contributed by atoms with Gasteiger partial charge >= 0.3 is 0 Å². The Labute approximate surface area is 114 Å². The molecule has 0 saturated carbocycles. The van der Waals surface area contributed by atoms with Crippen molar-refractivity contribution >= 4 is 17.0 Å². The Balaban J connectivity index is 1.94. The average Bonchev–Trinajstić information content (AvgIpc) is 3.03. The van der Waals surface area contributed by atoms with Crippen LogP contribution in [0.5, 0.6) is 11.5 Å². The van der Waals surface area contributed by atoms with Gasteiger partial charge in [-0.05, 0) is 18.2 Å². The van der Waals surface area contributed by atoms with E-state index in [9.17, 15) is 0 Å². The number of nitrogens with zero attached hydrogens (tertiary/aromatic N) is 4. The highest BCUT2D eigenvalue weighted by atomic mass is 16.7. The van der Waals surface area contributed by atoms with Crippen molar-refractivity contribution in [1.29, 1.82) is 0 Å². The smallest absolute Gasteiger partial charge is 0.231 e. The molecular formula is C13H11N5O2. The molecule has 0 amide bonds. The first-order valence-electron chi connectivity index (χ1n) is 6.07. The molecule has 0 atom stereocenters. The molecule has 100 valence electrons. The molecule has 0 bridgehead atoms. The van der Waals surface area contributed by atoms with Crippen molar-refractivity contribution in [3.63, 3.8) is 0 Å². The van der Waals surface area contributed by atoms with E-state index in [1.807, 2.05) is 25.2 Å². The van der Waals surface area contributed by atoms with Crippen LogP contribution in [0.4, 0.5) is 5.95 Å². The summed E-state index contributed by atoms with van der Waals surface area (Å²) in [5.74, 6) is 1.70. The van der Waals surface area contributed by atoms with Crippen molar-refractivity contribution in [2.24, 2.45) is 7.05 Å². The Morgan fingerprint density at radius 1 is 1.25 bits per heavy atom. The fourth-order valence-electron chi connectivity index (χ4n) is 2.31. The topological polar surface area (TPSA) is 88.1 Å². The summed E-state index contributed by atoms with van der Waals surface area (Å²) >= 11 is 0. The van der Waals surface area contributed by atoms with Gasteiger partial charge in [0.25, 0.3) is 0 Å². The normalized spacial score (nSPS) is 13.1. The molecule has 2 aromatic heterocycles. The van der Waals surface area contributed by atoms with Crippen LogP contribution >= 0.6 is 0 Å². The van der Waals surface area contributed by atoms with E-state index in [-0.39, 0.29) is 12.7 Å². The number of rotatable bonds is 1. The van der Waals surface area contributed by atoms with Gasteiger partial charge in [0.15, 0.2) is 17.1 Å². The minimum atomic E-state index is 0.234. The Kier molecular flexibility index (Phi) is 2.11. The lowest BCUT2D eigenvalue weighted by Gasteiger charge is -2.00. The number of anilines is 1. The van der Waals surface area contributed by atoms with Crippen LogP contribution in [0.25, 0.3) is 22.3 Å². The third-order valence-corrected chi connectivity index (χ3v) is 3.24. The molecule has 20 heavy (non-hydrogen) atoms. The van der Waals surface area contributed by atoms with Gasteiger partial charge in [-0.25, -0.2) is 9.67 Å². The number of hydrogen-bond donors (Lipinski definition) is 1. The maximum Gasteiger partial charge on any atom is 0.231 e. The molecule has 4 rings (SSSR count). The van der Waals surface area contributed by atoms with Crippen molar-refractivity contribution in [1.82, 2.24) is 19.7 Å². The van der Waals surface area contributed by atoms with Gasteiger partial charge in [0, 0.05) is 18.8 Å². The molecule has 3 aromatic rings. The zero-order valence-corrected chi connectivity index (χ0v) is 10.7. The summed E-state index contributed by atoms with van der Waals surface area (Å²) in [5.41, 5.74) is 8.03. The SMILES string of the molecule is Cn1nc(-c2ccc3c(c2)OCO3)c2cnc(N)nc21.